The van der Waals surface area contributed by atoms with Gasteiger partial charge in [-0.05, 0) is 23.8 Å². The number of hydrogen-bond donors (Lipinski definition) is 0. The van der Waals surface area contributed by atoms with Crippen molar-refractivity contribution in [1.29, 1.82) is 0 Å². The van der Waals surface area contributed by atoms with Crippen LogP contribution in [0.2, 0.25) is 0 Å². The lowest BCUT2D eigenvalue weighted by Gasteiger charge is -2.16. The molecule has 1 aromatic carbocycles. The predicted octanol–water partition coefficient (Wildman–Crippen LogP) is 4.33. The molecule has 136 valence electrons. The standard InChI is InChI=1S/C16H9F6N3O/c17-15(18,19)12-2-1-10(13(4-12)16(20,21)22)6-25-7-11-3-9(8-26)5-23-14(11)24-25/h1-5,7-8H,6H2. The molecular formula is C16H9F6N3O. The number of pyridine rings is 1. The van der Waals surface area contributed by atoms with Crippen molar-refractivity contribution >= 4 is 17.3 Å². The van der Waals surface area contributed by atoms with Crippen LogP contribution in [0.3, 0.4) is 0 Å². The molecule has 4 nitrogen and oxygen atoms in total. The fraction of sp³-hybridized carbons (Fsp3) is 0.188. The second-order valence-corrected chi connectivity index (χ2v) is 5.49. The third kappa shape index (κ3) is 3.53. The van der Waals surface area contributed by atoms with Crippen LogP contribution in [0.4, 0.5) is 26.3 Å². The van der Waals surface area contributed by atoms with Gasteiger partial charge in [0.05, 0.1) is 17.7 Å². The summed E-state index contributed by atoms with van der Waals surface area (Å²) in [6, 6.07) is 2.91. The maximum Gasteiger partial charge on any atom is 0.416 e. The van der Waals surface area contributed by atoms with Crippen LogP contribution in [-0.2, 0) is 18.9 Å². The highest BCUT2D eigenvalue weighted by atomic mass is 19.4. The number of alkyl halides is 6. The monoisotopic (exact) mass is 373 g/mol. The second-order valence-electron chi connectivity index (χ2n) is 5.49. The van der Waals surface area contributed by atoms with Gasteiger partial charge in [0, 0.05) is 23.3 Å². The molecule has 0 atom stereocenters. The fourth-order valence-corrected chi connectivity index (χ4v) is 2.46. The molecule has 0 spiro atoms. The Bertz CT molecular complexity index is 974. The average molecular weight is 373 g/mol. The maximum absolute atomic E-state index is 13.2. The summed E-state index contributed by atoms with van der Waals surface area (Å²) in [6.07, 6.45) is -6.65. The molecule has 0 fully saturated rings. The van der Waals surface area contributed by atoms with Crippen molar-refractivity contribution in [2.75, 3.05) is 0 Å². The molecule has 0 saturated carbocycles. The fourth-order valence-electron chi connectivity index (χ4n) is 2.46. The van der Waals surface area contributed by atoms with Crippen LogP contribution < -0.4 is 0 Å². The summed E-state index contributed by atoms with van der Waals surface area (Å²) in [4.78, 5) is 14.6. The summed E-state index contributed by atoms with van der Waals surface area (Å²) in [7, 11) is 0. The molecule has 0 saturated heterocycles. The summed E-state index contributed by atoms with van der Waals surface area (Å²) in [6.45, 7) is -0.403. The quantitative estimate of drug-likeness (QED) is 0.507. The lowest BCUT2D eigenvalue weighted by Crippen LogP contribution is -2.15. The highest BCUT2D eigenvalue weighted by Crippen LogP contribution is 2.37. The molecule has 0 aliphatic rings. The van der Waals surface area contributed by atoms with E-state index in [1.54, 1.807) is 0 Å². The van der Waals surface area contributed by atoms with Crippen molar-refractivity contribution in [2.45, 2.75) is 18.9 Å². The topological polar surface area (TPSA) is 47.8 Å². The van der Waals surface area contributed by atoms with Crippen molar-refractivity contribution in [1.82, 2.24) is 14.8 Å². The first-order valence-electron chi connectivity index (χ1n) is 7.13. The third-order valence-electron chi connectivity index (χ3n) is 3.64. The van der Waals surface area contributed by atoms with E-state index in [0.29, 0.717) is 17.7 Å². The molecule has 26 heavy (non-hydrogen) atoms. The zero-order chi connectivity index (χ0) is 19.1. The van der Waals surface area contributed by atoms with Gasteiger partial charge in [-0.2, -0.15) is 31.4 Å². The van der Waals surface area contributed by atoms with Gasteiger partial charge in [-0.25, -0.2) is 4.98 Å². The van der Waals surface area contributed by atoms with Crippen LogP contribution in [0.15, 0.2) is 36.7 Å². The molecule has 0 aliphatic heterocycles. The van der Waals surface area contributed by atoms with E-state index in [4.69, 9.17) is 0 Å². The zero-order valence-corrected chi connectivity index (χ0v) is 12.8. The van der Waals surface area contributed by atoms with Crippen LogP contribution in [0.5, 0.6) is 0 Å². The number of carbonyl (C=O) groups excluding carboxylic acids is 1. The maximum atomic E-state index is 13.2. The van der Waals surface area contributed by atoms with Crippen LogP contribution >= 0.6 is 0 Å². The molecule has 0 N–H and O–H groups in total. The Morgan fingerprint density at radius 3 is 2.38 bits per heavy atom. The summed E-state index contributed by atoms with van der Waals surface area (Å²) in [5, 5.41) is 4.40. The van der Waals surface area contributed by atoms with Gasteiger partial charge in [-0.3, -0.25) is 9.48 Å². The zero-order valence-electron chi connectivity index (χ0n) is 12.8. The largest absolute Gasteiger partial charge is 0.416 e. The van der Waals surface area contributed by atoms with E-state index in [0.717, 1.165) is 10.7 Å². The van der Waals surface area contributed by atoms with Gasteiger partial charge in [0.1, 0.15) is 0 Å². The first-order valence-corrected chi connectivity index (χ1v) is 7.13. The van der Waals surface area contributed by atoms with E-state index in [2.05, 4.69) is 10.1 Å². The molecule has 10 heteroatoms. The van der Waals surface area contributed by atoms with E-state index < -0.39 is 30.0 Å². The lowest BCUT2D eigenvalue weighted by molar-refractivity contribution is -0.143. The Morgan fingerprint density at radius 1 is 1.04 bits per heavy atom. The van der Waals surface area contributed by atoms with Gasteiger partial charge < -0.3 is 0 Å². The summed E-state index contributed by atoms with van der Waals surface area (Å²) >= 11 is 0. The number of hydrogen-bond acceptors (Lipinski definition) is 3. The normalized spacial score (nSPS) is 12.5. The highest BCUT2D eigenvalue weighted by Gasteiger charge is 2.38. The Kier molecular flexibility index (Phi) is 4.21. The van der Waals surface area contributed by atoms with Crippen LogP contribution in [-0.4, -0.2) is 21.1 Å². The average Bonchev–Trinajstić information content (AvgIpc) is 2.94. The van der Waals surface area contributed by atoms with E-state index in [1.165, 1.54) is 18.5 Å². The number of nitrogens with zero attached hydrogens (tertiary/aromatic N) is 3. The minimum Gasteiger partial charge on any atom is -0.298 e. The molecule has 0 radical (unpaired) electrons. The van der Waals surface area contributed by atoms with Crippen molar-refractivity contribution < 1.29 is 31.1 Å². The number of aromatic nitrogens is 3. The lowest BCUT2D eigenvalue weighted by atomic mass is 10.0. The van der Waals surface area contributed by atoms with Gasteiger partial charge in [0.15, 0.2) is 11.9 Å². The van der Waals surface area contributed by atoms with Crippen molar-refractivity contribution in [3.63, 3.8) is 0 Å². The molecule has 0 unspecified atom stereocenters. The first kappa shape index (κ1) is 17.9. The Hall–Kier alpha value is -2.91. The van der Waals surface area contributed by atoms with E-state index in [9.17, 15) is 31.1 Å². The van der Waals surface area contributed by atoms with Gasteiger partial charge in [-0.15, -0.1) is 0 Å². The summed E-state index contributed by atoms with van der Waals surface area (Å²) in [5.74, 6) is 0. The number of fused-ring (bicyclic) bond motifs is 1. The summed E-state index contributed by atoms with van der Waals surface area (Å²) in [5.41, 5.74) is -2.66. The summed E-state index contributed by atoms with van der Waals surface area (Å²) < 4.78 is 78.8. The van der Waals surface area contributed by atoms with E-state index >= 15 is 0 Å². The molecule has 0 amide bonds. The minimum absolute atomic E-state index is 0.0846. The molecule has 3 aromatic rings. The van der Waals surface area contributed by atoms with Crippen molar-refractivity contribution in [3.05, 3.63) is 58.9 Å². The van der Waals surface area contributed by atoms with Gasteiger partial charge in [0.2, 0.25) is 0 Å². The van der Waals surface area contributed by atoms with E-state index in [1.807, 2.05) is 0 Å². The van der Waals surface area contributed by atoms with Crippen LogP contribution in [0.1, 0.15) is 27.0 Å². The molecule has 2 aromatic heterocycles. The Morgan fingerprint density at radius 2 is 1.77 bits per heavy atom. The Balaban J connectivity index is 2.02. The number of halogens is 6. The number of benzene rings is 1. The van der Waals surface area contributed by atoms with Crippen LogP contribution in [0.25, 0.3) is 11.0 Å². The number of rotatable bonds is 3. The first-order chi connectivity index (χ1) is 12.1. The molecule has 2 heterocycles. The van der Waals surface area contributed by atoms with Crippen molar-refractivity contribution in [3.8, 4) is 0 Å². The molecule has 0 bridgehead atoms. The van der Waals surface area contributed by atoms with Gasteiger partial charge in [0.25, 0.3) is 0 Å². The minimum atomic E-state index is -4.95. The second kappa shape index (κ2) is 6.11. The Labute approximate surface area is 142 Å². The molecule has 0 aliphatic carbocycles. The van der Waals surface area contributed by atoms with Gasteiger partial charge >= 0.3 is 12.4 Å². The predicted molar refractivity (Wildman–Crippen MR) is 78.5 cm³/mol. The third-order valence-corrected chi connectivity index (χ3v) is 3.64. The number of aldehydes is 1. The number of carbonyl (C=O) groups is 1. The highest BCUT2D eigenvalue weighted by molar-refractivity contribution is 5.83. The SMILES string of the molecule is O=Cc1cnc2nn(Cc3ccc(C(F)(F)F)cc3C(F)(F)F)cc2c1. The molecular weight excluding hydrogens is 364 g/mol. The van der Waals surface area contributed by atoms with Crippen LogP contribution in [0, 0.1) is 0 Å². The van der Waals surface area contributed by atoms with Crippen molar-refractivity contribution in [2.24, 2.45) is 0 Å². The van der Waals surface area contributed by atoms with E-state index in [-0.39, 0.29) is 22.8 Å². The smallest absolute Gasteiger partial charge is 0.298 e. The van der Waals surface area contributed by atoms with Gasteiger partial charge in [-0.1, -0.05) is 6.07 Å². The molecule has 3 rings (SSSR count).